The molecule has 0 aliphatic carbocycles. The maximum Gasteiger partial charge on any atom is 0.246 e. The Kier molecular flexibility index (Phi) is 4.58. The number of nitrogens with one attached hydrogen (secondary N) is 1. The highest BCUT2D eigenvalue weighted by Crippen LogP contribution is 2.13. The molecule has 4 nitrogen and oxygen atoms in total. The third-order valence-electron chi connectivity index (χ3n) is 3.52. The van der Waals surface area contributed by atoms with Crippen LogP contribution in [0.1, 0.15) is 29.7 Å². The summed E-state index contributed by atoms with van der Waals surface area (Å²) in [6, 6.07) is 10.2. The Balaban J connectivity index is 2.20. The molecule has 2 aromatic rings. The summed E-state index contributed by atoms with van der Waals surface area (Å²) < 4.78 is 2.14. The molecule has 0 unspecified atom stereocenters. The normalized spacial score (nSPS) is 10.4. The SMILES string of the molecule is C=C(C)C(=O)NCc1nc(C)c(C)n1Cc1ccccc1. The average Bonchev–Trinajstić information content (AvgIpc) is 2.73. The van der Waals surface area contributed by atoms with Crippen molar-refractivity contribution in [3.8, 4) is 0 Å². The molecule has 0 bridgehead atoms. The van der Waals surface area contributed by atoms with E-state index in [9.17, 15) is 4.79 Å². The van der Waals surface area contributed by atoms with E-state index in [0.717, 1.165) is 23.8 Å². The molecule has 0 aliphatic rings. The molecule has 0 saturated carbocycles. The fourth-order valence-electron chi connectivity index (χ4n) is 2.14. The molecule has 4 heteroatoms. The minimum atomic E-state index is -0.139. The maximum absolute atomic E-state index is 11.6. The Morgan fingerprint density at radius 3 is 2.57 bits per heavy atom. The number of imidazole rings is 1. The smallest absolute Gasteiger partial charge is 0.246 e. The molecule has 1 N–H and O–H groups in total. The summed E-state index contributed by atoms with van der Waals surface area (Å²) in [5.41, 5.74) is 3.83. The quantitative estimate of drug-likeness (QED) is 0.858. The molecule has 1 aromatic carbocycles. The Labute approximate surface area is 125 Å². The molecular formula is C17H21N3O. The van der Waals surface area contributed by atoms with Crippen molar-refractivity contribution in [1.82, 2.24) is 14.9 Å². The first-order valence-corrected chi connectivity index (χ1v) is 6.99. The van der Waals surface area contributed by atoms with Gasteiger partial charge in [-0.05, 0) is 26.3 Å². The number of aryl methyl sites for hydroxylation is 1. The van der Waals surface area contributed by atoms with Crippen LogP contribution in [0.5, 0.6) is 0 Å². The summed E-state index contributed by atoms with van der Waals surface area (Å²) in [5.74, 6) is 0.725. The topological polar surface area (TPSA) is 46.9 Å². The Hall–Kier alpha value is -2.36. The van der Waals surface area contributed by atoms with Crippen LogP contribution in [-0.2, 0) is 17.9 Å². The lowest BCUT2D eigenvalue weighted by Gasteiger charge is -2.11. The van der Waals surface area contributed by atoms with Crippen molar-refractivity contribution in [3.63, 3.8) is 0 Å². The lowest BCUT2D eigenvalue weighted by molar-refractivity contribution is -0.117. The van der Waals surface area contributed by atoms with Crippen molar-refractivity contribution in [2.45, 2.75) is 33.9 Å². The van der Waals surface area contributed by atoms with Crippen molar-refractivity contribution in [2.24, 2.45) is 0 Å². The number of rotatable bonds is 5. The fourth-order valence-corrected chi connectivity index (χ4v) is 2.14. The number of hydrogen-bond acceptors (Lipinski definition) is 2. The monoisotopic (exact) mass is 283 g/mol. The summed E-state index contributed by atoms with van der Waals surface area (Å²) in [6.07, 6.45) is 0. The Morgan fingerprint density at radius 1 is 1.29 bits per heavy atom. The summed E-state index contributed by atoms with van der Waals surface area (Å²) >= 11 is 0. The van der Waals surface area contributed by atoms with Crippen LogP contribution in [0.15, 0.2) is 42.5 Å². The highest BCUT2D eigenvalue weighted by atomic mass is 16.1. The van der Waals surface area contributed by atoms with Gasteiger partial charge in [-0.25, -0.2) is 4.98 Å². The van der Waals surface area contributed by atoms with Crippen LogP contribution in [-0.4, -0.2) is 15.5 Å². The van der Waals surface area contributed by atoms with E-state index in [1.165, 1.54) is 5.56 Å². The van der Waals surface area contributed by atoms with E-state index in [1.807, 2.05) is 25.1 Å². The van der Waals surface area contributed by atoms with Gasteiger partial charge in [0, 0.05) is 17.8 Å². The van der Waals surface area contributed by atoms with Gasteiger partial charge in [-0.15, -0.1) is 0 Å². The molecule has 0 fully saturated rings. The summed E-state index contributed by atoms with van der Waals surface area (Å²) in [5, 5.41) is 2.84. The molecule has 110 valence electrons. The van der Waals surface area contributed by atoms with E-state index >= 15 is 0 Å². The zero-order chi connectivity index (χ0) is 15.4. The molecule has 1 heterocycles. The van der Waals surface area contributed by atoms with E-state index < -0.39 is 0 Å². The van der Waals surface area contributed by atoms with Crippen LogP contribution in [0.25, 0.3) is 0 Å². The van der Waals surface area contributed by atoms with Crippen molar-refractivity contribution in [2.75, 3.05) is 0 Å². The summed E-state index contributed by atoms with van der Waals surface area (Å²) in [6.45, 7) is 10.5. The second kappa shape index (κ2) is 6.39. The number of hydrogen-bond donors (Lipinski definition) is 1. The van der Waals surface area contributed by atoms with Gasteiger partial charge in [-0.3, -0.25) is 4.79 Å². The predicted molar refractivity (Wildman–Crippen MR) is 83.9 cm³/mol. The van der Waals surface area contributed by atoms with Crippen LogP contribution < -0.4 is 5.32 Å². The standard InChI is InChI=1S/C17H21N3O/c1-12(2)17(21)18-10-16-19-13(3)14(4)20(16)11-15-8-6-5-7-9-15/h5-9H,1,10-11H2,2-4H3,(H,18,21). The first kappa shape index (κ1) is 15.0. The fraction of sp³-hybridized carbons (Fsp3) is 0.294. The van der Waals surface area contributed by atoms with Crippen LogP contribution in [0.2, 0.25) is 0 Å². The first-order valence-electron chi connectivity index (χ1n) is 6.99. The van der Waals surface area contributed by atoms with Gasteiger partial charge in [0.1, 0.15) is 5.82 Å². The van der Waals surface area contributed by atoms with E-state index in [4.69, 9.17) is 0 Å². The number of carbonyl (C=O) groups is 1. The number of amides is 1. The second-order valence-corrected chi connectivity index (χ2v) is 5.23. The number of carbonyl (C=O) groups excluding carboxylic acids is 1. The second-order valence-electron chi connectivity index (χ2n) is 5.23. The lowest BCUT2D eigenvalue weighted by atomic mass is 10.2. The lowest BCUT2D eigenvalue weighted by Crippen LogP contribution is -2.25. The van der Waals surface area contributed by atoms with Gasteiger partial charge in [0.05, 0.1) is 12.2 Å². The number of benzene rings is 1. The summed E-state index contributed by atoms with van der Waals surface area (Å²) in [7, 11) is 0. The molecule has 0 spiro atoms. The molecule has 0 atom stereocenters. The highest BCUT2D eigenvalue weighted by molar-refractivity contribution is 5.91. The van der Waals surface area contributed by atoms with E-state index in [0.29, 0.717) is 12.1 Å². The third-order valence-corrected chi connectivity index (χ3v) is 3.52. The molecule has 0 saturated heterocycles. The average molecular weight is 283 g/mol. The first-order chi connectivity index (χ1) is 9.99. The number of nitrogens with zero attached hydrogens (tertiary/aromatic N) is 2. The van der Waals surface area contributed by atoms with Gasteiger partial charge in [0.25, 0.3) is 0 Å². The maximum atomic E-state index is 11.6. The molecule has 0 aliphatic heterocycles. The number of aromatic nitrogens is 2. The van der Waals surface area contributed by atoms with Crippen LogP contribution in [0.3, 0.4) is 0 Å². The Morgan fingerprint density at radius 2 is 1.95 bits per heavy atom. The molecule has 1 amide bonds. The predicted octanol–water partition coefficient (Wildman–Crippen LogP) is 2.74. The highest BCUT2D eigenvalue weighted by Gasteiger charge is 2.12. The molecule has 2 rings (SSSR count). The van der Waals surface area contributed by atoms with Gasteiger partial charge in [0.15, 0.2) is 0 Å². The van der Waals surface area contributed by atoms with Crippen molar-refractivity contribution in [3.05, 3.63) is 65.3 Å². The summed E-state index contributed by atoms with van der Waals surface area (Å²) in [4.78, 5) is 16.2. The molecule has 1 aromatic heterocycles. The molecule has 21 heavy (non-hydrogen) atoms. The largest absolute Gasteiger partial charge is 0.345 e. The minimum Gasteiger partial charge on any atom is -0.345 e. The van der Waals surface area contributed by atoms with E-state index in [1.54, 1.807) is 6.92 Å². The zero-order valence-corrected chi connectivity index (χ0v) is 12.8. The molecular weight excluding hydrogens is 262 g/mol. The third kappa shape index (κ3) is 3.60. The Bertz CT molecular complexity index is 656. The van der Waals surface area contributed by atoms with Crippen molar-refractivity contribution >= 4 is 5.91 Å². The van der Waals surface area contributed by atoms with Crippen molar-refractivity contribution in [1.29, 1.82) is 0 Å². The van der Waals surface area contributed by atoms with Gasteiger partial charge in [-0.1, -0.05) is 36.9 Å². The minimum absolute atomic E-state index is 0.139. The van der Waals surface area contributed by atoms with Crippen LogP contribution in [0.4, 0.5) is 0 Å². The van der Waals surface area contributed by atoms with Gasteiger partial charge < -0.3 is 9.88 Å². The van der Waals surface area contributed by atoms with E-state index in [-0.39, 0.29) is 5.91 Å². The zero-order valence-electron chi connectivity index (χ0n) is 12.8. The van der Waals surface area contributed by atoms with Gasteiger partial charge in [-0.2, -0.15) is 0 Å². The van der Waals surface area contributed by atoms with Crippen LogP contribution >= 0.6 is 0 Å². The van der Waals surface area contributed by atoms with Gasteiger partial charge >= 0.3 is 0 Å². The van der Waals surface area contributed by atoms with E-state index in [2.05, 4.69) is 40.5 Å². The molecule has 0 radical (unpaired) electrons. The van der Waals surface area contributed by atoms with Crippen LogP contribution in [0, 0.1) is 13.8 Å². The van der Waals surface area contributed by atoms with Gasteiger partial charge in [0.2, 0.25) is 5.91 Å². The van der Waals surface area contributed by atoms with Crippen molar-refractivity contribution < 1.29 is 4.79 Å².